The van der Waals surface area contributed by atoms with Crippen LogP contribution < -0.4 is 30.9 Å². The van der Waals surface area contributed by atoms with Gasteiger partial charge >= 0.3 is 0 Å². The molecular formula is C32H41ClFN7O5. The average molecular weight is 658 g/mol. The number of fused-ring (bicyclic) bond motifs is 1. The second kappa shape index (κ2) is 15.1. The van der Waals surface area contributed by atoms with Crippen LogP contribution in [0.25, 0.3) is 10.9 Å². The third-order valence-electron chi connectivity index (χ3n) is 7.73. The number of ether oxygens (including phenoxy) is 2. The standard InChI is InChI=1S/C32H41ClFN7O5/c1-18(35-5)29(42)40-27(32(2,3)4)31(44)41(30(43)22-11-8-12-36-22)24-15-19-23(16-25(24)46-14-13-45-6)37-17-38-28(19)39-21-10-7-9-20(33)26(21)34/h7,9-10,15-18,22,27,35-36H,8,11-14H2,1-6H3,(H,40,42)(H,37,38,39)/t18-,22-,27+/m0/s1. The van der Waals surface area contributed by atoms with Crippen LogP contribution in [-0.2, 0) is 19.1 Å². The van der Waals surface area contributed by atoms with Crippen LogP contribution in [0, 0.1) is 11.2 Å². The molecule has 2 heterocycles. The Labute approximate surface area is 272 Å². The minimum absolute atomic E-state index is 0.0720. The van der Waals surface area contributed by atoms with E-state index in [4.69, 9.17) is 21.1 Å². The van der Waals surface area contributed by atoms with Gasteiger partial charge in [-0.15, -0.1) is 0 Å². The van der Waals surface area contributed by atoms with Crippen molar-refractivity contribution in [3.8, 4) is 5.75 Å². The predicted octanol–water partition coefficient (Wildman–Crippen LogP) is 3.94. The zero-order chi connectivity index (χ0) is 33.6. The fourth-order valence-corrected chi connectivity index (χ4v) is 5.17. The second-order valence-corrected chi connectivity index (χ2v) is 12.5. The molecule has 3 aromatic rings. The number of nitrogens with zero attached hydrogens (tertiary/aromatic N) is 3. The molecule has 1 aromatic heterocycles. The van der Waals surface area contributed by atoms with Gasteiger partial charge in [0.2, 0.25) is 5.91 Å². The van der Waals surface area contributed by atoms with Gasteiger partial charge in [0.05, 0.1) is 40.6 Å². The summed E-state index contributed by atoms with van der Waals surface area (Å²) in [4.78, 5) is 51.8. The molecule has 1 fully saturated rings. The molecule has 3 amide bonds. The Hall–Kier alpha value is -3.91. The first-order chi connectivity index (χ1) is 21.9. The number of imide groups is 1. The van der Waals surface area contributed by atoms with Gasteiger partial charge in [-0.05, 0) is 57.0 Å². The Morgan fingerprint density at radius 1 is 1.20 bits per heavy atom. The van der Waals surface area contributed by atoms with Gasteiger partial charge in [-0.25, -0.2) is 19.3 Å². The summed E-state index contributed by atoms with van der Waals surface area (Å²) in [7, 11) is 3.17. The van der Waals surface area contributed by atoms with Crippen molar-refractivity contribution in [3.05, 3.63) is 47.5 Å². The number of methoxy groups -OCH3 is 1. The number of carbonyl (C=O) groups is 3. The lowest BCUT2D eigenvalue weighted by Gasteiger charge is -2.36. The molecule has 2 aromatic carbocycles. The molecule has 46 heavy (non-hydrogen) atoms. The molecule has 14 heteroatoms. The number of anilines is 3. The molecule has 0 bridgehead atoms. The van der Waals surface area contributed by atoms with Gasteiger partial charge in [0, 0.05) is 18.6 Å². The van der Waals surface area contributed by atoms with Crippen LogP contribution in [0.1, 0.15) is 40.5 Å². The van der Waals surface area contributed by atoms with E-state index in [9.17, 15) is 18.8 Å². The van der Waals surface area contributed by atoms with Crippen molar-refractivity contribution >= 4 is 57.4 Å². The third-order valence-corrected chi connectivity index (χ3v) is 8.02. The van der Waals surface area contributed by atoms with E-state index in [1.54, 1.807) is 32.2 Å². The first-order valence-corrected chi connectivity index (χ1v) is 15.5. The lowest BCUT2D eigenvalue weighted by atomic mass is 9.85. The Morgan fingerprint density at radius 2 is 1.96 bits per heavy atom. The Kier molecular flexibility index (Phi) is 11.5. The molecule has 12 nitrogen and oxygen atoms in total. The van der Waals surface area contributed by atoms with E-state index in [1.807, 2.05) is 20.8 Å². The number of aromatic nitrogens is 2. The highest BCUT2D eigenvalue weighted by Gasteiger charge is 2.42. The van der Waals surface area contributed by atoms with Crippen LogP contribution in [-0.4, -0.2) is 79.7 Å². The van der Waals surface area contributed by atoms with Crippen LogP contribution in [0.5, 0.6) is 5.75 Å². The fraction of sp³-hybridized carbons (Fsp3) is 0.469. The van der Waals surface area contributed by atoms with Gasteiger partial charge in [0.25, 0.3) is 11.8 Å². The lowest BCUT2D eigenvalue weighted by molar-refractivity contribution is -0.134. The summed E-state index contributed by atoms with van der Waals surface area (Å²) in [6.07, 6.45) is 2.57. The molecule has 0 spiro atoms. The summed E-state index contributed by atoms with van der Waals surface area (Å²) in [6, 6.07) is 5.33. The molecule has 3 atom stereocenters. The van der Waals surface area contributed by atoms with E-state index in [0.29, 0.717) is 23.9 Å². The number of likely N-dealkylation sites (N-methyl/N-ethyl adjacent to an activating group) is 1. The van der Waals surface area contributed by atoms with Crippen LogP contribution >= 0.6 is 11.6 Å². The van der Waals surface area contributed by atoms with Crippen molar-refractivity contribution in [2.75, 3.05) is 44.1 Å². The normalized spacial score (nSPS) is 16.1. The first kappa shape index (κ1) is 35.0. The Bertz CT molecular complexity index is 1580. The van der Waals surface area contributed by atoms with Gasteiger partial charge in [0.15, 0.2) is 5.82 Å². The van der Waals surface area contributed by atoms with Crippen LogP contribution in [0.15, 0.2) is 36.7 Å². The van der Waals surface area contributed by atoms with Crippen molar-refractivity contribution < 1.29 is 28.2 Å². The molecular weight excluding hydrogens is 617 g/mol. The first-order valence-electron chi connectivity index (χ1n) is 15.1. The largest absolute Gasteiger partial charge is 0.489 e. The number of rotatable bonds is 12. The maximum Gasteiger partial charge on any atom is 0.257 e. The number of amides is 3. The minimum Gasteiger partial charge on any atom is -0.489 e. The maximum atomic E-state index is 14.9. The van der Waals surface area contributed by atoms with Gasteiger partial charge in [-0.2, -0.15) is 0 Å². The summed E-state index contributed by atoms with van der Waals surface area (Å²) >= 11 is 6.01. The molecule has 248 valence electrons. The van der Waals surface area contributed by atoms with E-state index in [-0.39, 0.29) is 41.2 Å². The second-order valence-electron chi connectivity index (χ2n) is 12.1. The number of hydrogen-bond donors (Lipinski definition) is 4. The number of benzene rings is 2. The zero-order valence-corrected chi connectivity index (χ0v) is 27.6. The topological polar surface area (TPSA) is 147 Å². The molecule has 0 aliphatic carbocycles. The van der Waals surface area contributed by atoms with Gasteiger partial charge in [0.1, 0.15) is 30.5 Å². The van der Waals surface area contributed by atoms with E-state index in [2.05, 4.69) is 31.2 Å². The average Bonchev–Trinajstić information content (AvgIpc) is 3.57. The maximum absolute atomic E-state index is 14.9. The quantitative estimate of drug-likeness (QED) is 0.211. The monoisotopic (exact) mass is 657 g/mol. The molecule has 0 radical (unpaired) electrons. The molecule has 4 N–H and O–H groups in total. The highest BCUT2D eigenvalue weighted by Crippen LogP contribution is 2.38. The number of nitrogens with one attached hydrogen (secondary N) is 4. The van der Waals surface area contributed by atoms with E-state index in [0.717, 1.165) is 11.3 Å². The van der Waals surface area contributed by atoms with Crippen molar-refractivity contribution in [1.29, 1.82) is 0 Å². The van der Waals surface area contributed by atoms with Gasteiger partial charge < -0.3 is 30.7 Å². The van der Waals surface area contributed by atoms with E-state index >= 15 is 0 Å². The fourth-order valence-electron chi connectivity index (χ4n) is 5.00. The van der Waals surface area contributed by atoms with Crippen molar-refractivity contribution in [1.82, 2.24) is 25.9 Å². The van der Waals surface area contributed by atoms with Crippen molar-refractivity contribution in [2.24, 2.45) is 5.41 Å². The van der Waals surface area contributed by atoms with Gasteiger partial charge in [-0.3, -0.25) is 14.4 Å². The molecule has 4 rings (SSSR count). The SMILES string of the molecule is CN[C@@H](C)C(=O)N[C@H](C(=O)N(C(=O)[C@@H]1CCCN1)c1cc2c(Nc3cccc(Cl)c3F)ncnc2cc1OCCOC)C(C)(C)C. The van der Waals surface area contributed by atoms with Crippen molar-refractivity contribution in [3.63, 3.8) is 0 Å². The smallest absolute Gasteiger partial charge is 0.257 e. The highest BCUT2D eigenvalue weighted by molar-refractivity contribution is 6.31. The molecule has 0 saturated carbocycles. The summed E-state index contributed by atoms with van der Waals surface area (Å²) < 4.78 is 26.1. The Morgan fingerprint density at radius 3 is 2.61 bits per heavy atom. The summed E-state index contributed by atoms with van der Waals surface area (Å²) in [5.41, 5.74) is -0.210. The Balaban J connectivity index is 1.92. The van der Waals surface area contributed by atoms with Crippen molar-refractivity contribution in [2.45, 2.75) is 58.7 Å². The van der Waals surface area contributed by atoms with Crippen LogP contribution in [0.4, 0.5) is 21.6 Å². The van der Waals surface area contributed by atoms with E-state index in [1.165, 1.54) is 25.6 Å². The zero-order valence-electron chi connectivity index (χ0n) is 26.9. The number of halogens is 2. The van der Waals surface area contributed by atoms with E-state index < -0.39 is 47.1 Å². The molecule has 1 aliphatic heterocycles. The lowest BCUT2D eigenvalue weighted by Crippen LogP contribution is -2.60. The highest BCUT2D eigenvalue weighted by atomic mass is 35.5. The third kappa shape index (κ3) is 7.89. The molecule has 1 saturated heterocycles. The van der Waals surface area contributed by atoms with Crippen LogP contribution in [0.3, 0.4) is 0 Å². The predicted molar refractivity (Wildman–Crippen MR) is 175 cm³/mol. The number of carbonyl (C=O) groups excluding carboxylic acids is 3. The van der Waals surface area contributed by atoms with Crippen LogP contribution in [0.2, 0.25) is 5.02 Å². The number of hydrogen-bond acceptors (Lipinski definition) is 10. The molecule has 0 unspecified atom stereocenters. The minimum atomic E-state index is -1.10. The van der Waals surface area contributed by atoms with Gasteiger partial charge in [-0.1, -0.05) is 38.4 Å². The summed E-state index contributed by atoms with van der Waals surface area (Å²) in [6.45, 7) is 8.05. The molecule has 1 aliphatic rings. The summed E-state index contributed by atoms with van der Waals surface area (Å²) in [5.74, 6) is -1.83. The summed E-state index contributed by atoms with van der Waals surface area (Å²) in [5, 5.41) is 12.2.